The Kier molecular flexibility index (Phi) is 4.77. The summed E-state index contributed by atoms with van der Waals surface area (Å²) in [5.41, 5.74) is 0.592. The highest BCUT2D eigenvalue weighted by Gasteiger charge is 2.21. The lowest BCUT2D eigenvalue weighted by atomic mass is 9.96. The Morgan fingerprint density at radius 3 is 2.30 bits per heavy atom. The monoisotopic (exact) mass is 297 g/mol. The molecule has 1 aliphatic carbocycles. The van der Waals surface area contributed by atoms with Gasteiger partial charge in [-0.3, -0.25) is 4.79 Å². The van der Waals surface area contributed by atoms with E-state index in [2.05, 4.69) is 4.72 Å². The van der Waals surface area contributed by atoms with Crippen molar-refractivity contribution < 1.29 is 18.3 Å². The number of sulfonamides is 1. The van der Waals surface area contributed by atoms with Crippen LogP contribution in [-0.2, 0) is 21.2 Å². The van der Waals surface area contributed by atoms with Gasteiger partial charge in [0.05, 0.1) is 11.3 Å². The van der Waals surface area contributed by atoms with Crippen LogP contribution in [0.2, 0.25) is 0 Å². The van der Waals surface area contributed by atoms with Crippen molar-refractivity contribution in [2.24, 2.45) is 0 Å². The van der Waals surface area contributed by atoms with Crippen molar-refractivity contribution in [2.75, 3.05) is 0 Å². The van der Waals surface area contributed by atoms with E-state index < -0.39 is 16.0 Å². The van der Waals surface area contributed by atoms with Gasteiger partial charge in [0.1, 0.15) is 0 Å². The minimum absolute atomic E-state index is 0.0208. The number of carbonyl (C=O) groups is 1. The topological polar surface area (TPSA) is 83.5 Å². The molecular formula is C14H19NO4S. The van der Waals surface area contributed by atoms with Gasteiger partial charge in [-0.25, -0.2) is 13.1 Å². The number of carboxylic acid groups (broad SMARTS) is 1. The quantitative estimate of drug-likeness (QED) is 0.869. The number of hydrogen-bond acceptors (Lipinski definition) is 3. The number of nitrogens with one attached hydrogen (secondary N) is 1. The molecule has 1 fully saturated rings. The first-order chi connectivity index (χ1) is 9.47. The van der Waals surface area contributed by atoms with Crippen LogP contribution in [0.3, 0.4) is 0 Å². The van der Waals surface area contributed by atoms with Crippen molar-refractivity contribution in [3.63, 3.8) is 0 Å². The van der Waals surface area contributed by atoms with Crippen LogP contribution in [0, 0.1) is 0 Å². The van der Waals surface area contributed by atoms with Gasteiger partial charge in [0.15, 0.2) is 0 Å². The summed E-state index contributed by atoms with van der Waals surface area (Å²) in [4.78, 5) is 10.8. The molecule has 1 aromatic carbocycles. The maximum atomic E-state index is 12.2. The van der Waals surface area contributed by atoms with Crippen LogP contribution in [-0.4, -0.2) is 25.5 Å². The molecular weight excluding hydrogens is 278 g/mol. The Morgan fingerprint density at radius 1 is 1.15 bits per heavy atom. The van der Waals surface area contributed by atoms with Crippen molar-refractivity contribution in [3.8, 4) is 0 Å². The third-order valence-electron chi connectivity index (χ3n) is 3.52. The molecule has 0 spiro atoms. The smallest absolute Gasteiger partial charge is 0.307 e. The highest BCUT2D eigenvalue weighted by atomic mass is 32.2. The summed E-state index contributed by atoms with van der Waals surface area (Å²) in [5, 5.41) is 8.68. The normalized spacial score (nSPS) is 17.0. The molecule has 0 saturated heterocycles. The lowest BCUT2D eigenvalue weighted by Gasteiger charge is -2.22. The Labute approximate surface area is 119 Å². The zero-order chi connectivity index (χ0) is 14.6. The molecule has 0 unspecified atom stereocenters. The highest BCUT2D eigenvalue weighted by Crippen LogP contribution is 2.20. The number of rotatable bonds is 5. The standard InChI is InChI=1S/C14H19NO4S/c16-14(17)10-11-6-8-13(9-7-11)20(18,19)15-12-4-2-1-3-5-12/h6-9,12,15H,1-5,10H2,(H,16,17). The zero-order valence-electron chi connectivity index (χ0n) is 11.2. The summed E-state index contributed by atoms with van der Waals surface area (Å²) in [7, 11) is -3.50. The van der Waals surface area contributed by atoms with Crippen LogP contribution in [0.1, 0.15) is 37.7 Å². The van der Waals surface area contributed by atoms with Gasteiger partial charge in [-0.15, -0.1) is 0 Å². The summed E-state index contributed by atoms with van der Waals surface area (Å²) < 4.78 is 27.1. The van der Waals surface area contributed by atoms with Gasteiger partial charge in [-0.1, -0.05) is 31.4 Å². The van der Waals surface area contributed by atoms with Crippen molar-refractivity contribution in [3.05, 3.63) is 29.8 Å². The average molecular weight is 297 g/mol. The van der Waals surface area contributed by atoms with E-state index in [1.54, 1.807) is 12.1 Å². The molecule has 0 bridgehead atoms. The second kappa shape index (κ2) is 6.37. The molecule has 2 rings (SSSR count). The molecule has 1 aliphatic rings. The Morgan fingerprint density at radius 2 is 1.75 bits per heavy atom. The summed E-state index contributed by atoms with van der Waals surface area (Å²) in [5.74, 6) is -0.930. The Bertz CT molecular complexity index is 559. The minimum atomic E-state index is -3.50. The van der Waals surface area contributed by atoms with Gasteiger partial charge < -0.3 is 5.11 Å². The lowest BCUT2D eigenvalue weighted by molar-refractivity contribution is -0.136. The SMILES string of the molecule is O=C(O)Cc1ccc(S(=O)(=O)NC2CCCCC2)cc1. The molecule has 0 amide bonds. The van der Waals surface area contributed by atoms with Gasteiger partial charge in [0.25, 0.3) is 0 Å². The Hall–Kier alpha value is -1.40. The lowest BCUT2D eigenvalue weighted by Crippen LogP contribution is -2.36. The predicted octanol–water partition coefficient (Wildman–Crippen LogP) is 1.92. The molecule has 0 aliphatic heterocycles. The Balaban J connectivity index is 2.06. The number of carboxylic acids is 1. The number of benzene rings is 1. The van der Waals surface area contributed by atoms with E-state index in [-0.39, 0.29) is 17.4 Å². The number of aliphatic carboxylic acids is 1. The van der Waals surface area contributed by atoms with Gasteiger partial charge in [-0.05, 0) is 30.5 Å². The van der Waals surface area contributed by atoms with E-state index in [9.17, 15) is 13.2 Å². The third-order valence-corrected chi connectivity index (χ3v) is 5.05. The van der Waals surface area contributed by atoms with Gasteiger partial charge >= 0.3 is 5.97 Å². The first-order valence-electron chi connectivity index (χ1n) is 6.80. The molecule has 0 radical (unpaired) electrons. The number of hydrogen-bond donors (Lipinski definition) is 2. The molecule has 1 aromatic rings. The fourth-order valence-corrected chi connectivity index (χ4v) is 3.77. The zero-order valence-corrected chi connectivity index (χ0v) is 12.0. The minimum Gasteiger partial charge on any atom is -0.481 e. The maximum Gasteiger partial charge on any atom is 0.307 e. The van der Waals surface area contributed by atoms with Crippen molar-refractivity contribution in [1.29, 1.82) is 0 Å². The molecule has 6 heteroatoms. The fourth-order valence-electron chi connectivity index (χ4n) is 2.47. The van der Waals surface area contributed by atoms with Gasteiger partial charge in [0.2, 0.25) is 10.0 Å². The van der Waals surface area contributed by atoms with Crippen LogP contribution in [0.25, 0.3) is 0 Å². The third kappa shape index (κ3) is 4.05. The summed E-state index contributed by atoms with van der Waals surface area (Å²) >= 11 is 0. The first kappa shape index (κ1) is 15.0. The summed E-state index contributed by atoms with van der Waals surface area (Å²) in [6.45, 7) is 0. The van der Waals surface area contributed by atoms with E-state index in [0.717, 1.165) is 25.7 Å². The van der Waals surface area contributed by atoms with Crippen LogP contribution < -0.4 is 4.72 Å². The predicted molar refractivity (Wildman–Crippen MR) is 75.0 cm³/mol. The van der Waals surface area contributed by atoms with Crippen molar-refractivity contribution in [2.45, 2.75) is 49.5 Å². The second-order valence-corrected chi connectivity index (χ2v) is 6.88. The molecule has 2 N–H and O–H groups in total. The molecule has 0 aromatic heterocycles. The van der Waals surface area contributed by atoms with Crippen LogP contribution in [0.4, 0.5) is 0 Å². The molecule has 0 heterocycles. The van der Waals surface area contributed by atoms with Gasteiger partial charge in [-0.2, -0.15) is 0 Å². The maximum absolute atomic E-state index is 12.2. The average Bonchev–Trinajstić information content (AvgIpc) is 2.39. The molecule has 20 heavy (non-hydrogen) atoms. The summed E-state index contributed by atoms with van der Waals surface area (Å²) in [6.07, 6.45) is 4.96. The van der Waals surface area contributed by atoms with Crippen LogP contribution in [0.5, 0.6) is 0 Å². The largest absolute Gasteiger partial charge is 0.481 e. The summed E-state index contributed by atoms with van der Waals surface area (Å²) in [6, 6.07) is 6.03. The second-order valence-electron chi connectivity index (χ2n) is 5.17. The molecule has 5 nitrogen and oxygen atoms in total. The molecule has 110 valence electrons. The van der Waals surface area contributed by atoms with Crippen molar-refractivity contribution >= 4 is 16.0 Å². The van der Waals surface area contributed by atoms with E-state index in [0.29, 0.717) is 5.56 Å². The van der Waals surface area contributed by atoms with Crippen LogP contribution >= 0.6 is 0 Å². The van der Waals surface area contributed by atoms with Gasteiger partial charge in [0, 0.05) is 6.04 Å². The highest BCUT2D eigenvalue weighted by molar-refractivity contribution is 7.89. The van der Waals surface area contributed by atoms with E-state index in [4.69, 9.17) is 5.11 Å². The van der Waals surface area contributed by atoms with Crippen molar-refractivity contribution in [1.82, 2.24) is 4.72 Å². The molecule has 1 saturated carbocycles. The van der Waals surface area contributed by atoms with E-state index in [1.165, 1.54) is 18.6 Å². The first-order valence-corrected chi connectivity index (χ1v) is 8.29. The molecule has 0 atom stereocenters. The van der Waals surface area contributed by atoms with E-state index >= 15 is 0 Å². The fraction of sp³-hybridized carbons (Fsp3) is 0.500. The van der Waals surface area contributed by atoms with Crippen LogP contribution in [0.15, 0.2) is 29.2 Å². The van der Waals surface area contributed by atoms with E-state index in [1.807, 2.05) is 0 Å².